The molecular formula is C22H22N4O5. The first-order valence-corrected chi connectivity index (χ1v) is 9.51. The van der Waals surface area contributed by atoms with E-state index in [0.29, 0.717) is 22.2 Å². The number of anilines is 2. The molecule has 1 aromatic heterocycles. The lowest BCUT2D eigenvalue weighted by atomic mass is 10.1. The van der Waals surface area contributed by atoms with E-state index in [1.165, 1.54) is 6.07 Å². The van der Waals surface area contributed by atoms with Crippen molar-refractivity contribution in [2.24, 2.45) is 0 Å². The van der Waals surface area contributed by atoms with Crippen LogP contribution in [0.5, 0.6) is 0 Å². The van der Waals surface area contributed by atoms with Crippen LogP contribution in [0.2, 0.25) is 0 Å². The number of carbonyl (C=O) groups is 3. The molecule has 3 rings (SSSR count). The number of ether oxygens (including phenoxy) is 1. The Labute approximate surface area is 178 Å². The van der Waals surface area contributed by atoms with Crippen molar-refractivity contribution in [3.8, 4) is 0 Å². The van der Waals surface area contributed by atoms with Gasteiger partial charge in [-0.2, -0.15) is 0 Å². The maximum Gasteiger partial charge on any atom is 0.412 e. The average molecular weight is 422 g/mol. The van der Waals surface area contributed by atoms with Crippen LogP contribution in [-0.2, 0) is 16.1 Å². The van der Waals surface area contributed by atoms with E-state index >= 15 is 0 Å². The molecule has 1 atom stereocenters. The standard InChI is InChI=1S/C22H22N4O5/c1-13(23-2)20(27)24-16-9-7-14(8-10-16)12-31-22(30)26-18-11-15-5-3-4-6-17(15)25-19(18)21(28)29/h3-11,13,23H,12H2,1-2H3,(H,24,27)(H,26,30)(H,28,29). The molecule has 1 unspecified atom stereocenters. The van der Waals surface area contributed by atoms with Crippen LogP contribution in [0.15, 0.2) is 54.6 Å². The Balaban J connectivity index is 1.62. The number of aromatic nitrogens is 1. The van der Waals surface area contributed by atoms with Gasteiger partial charge in [-0.05, 0) is 43.8 Å². The molecule has 9 nitrogen and oxygen atoms in total. The second kappa shape index (κ2) is 9.68. The highest BCUT2D eigenvalue weighted by atomic mass is 16.5. The monoisotopic (exact) mass is 422 g/mol. The Hall–Kier alpha value is -3.98. The van der Waals surface area contributed by atoms with Crippen LogP contribution in [0, 0.1) is 0 Å². The fraction of sp³-hybridized carbons (Fsp3) is 0.182. The molecule has 0 saturated heterocycles. The molecule has 2 amide bonds. The largest absolute Gasteiger partial charge is 0.476 e. The molecular weight excluding hydrogens is 400 g/mol. The maximum absolute atomic E-state index is 12.2. The van der Waals surface area contributed by atoms with E-state index < -0.39 is 12.1 Å². The smallest absolute Gasteiger partial charge is 0.412 e. The molecule has 0 fully saturated rings. The molecule has 0 bridgehead atoms. The number of carboxylic acid groups (broad SMARTS) is 1. The summed E-state index contributed by atoms with van der Waals surface area (Å²) in [7, 11) is 1.70. The summed E-state index contributed by atoms with van der Waals surface area (Å²) in [6.45, 7) is 1.72. The highest BCUT2D eigenvalue weighted by Gasteiger charge is 2.16. The minimum absolute atomic E-state index is 0.0314. The zero-order valence-electron chi connectivity index (χ0n) is 17.0. The van der Waals surface area contributed by atoms with Crippen molar-refractivity contribution in [1.29, 1.82) is 0 Å². The second-order valence-electron chi connectivity index (χ2n) is 6.78. The fourth-order valence-electron chi connectivity index (χ4n) is 2.74. The summed E-state index contributed by atoms with van der Waals surface area (Å²) in [6, 6.07) is 15.0. The zero-order chi connectivity index (χ0) is 22.4. The number of carbonyl (C=O) groups excluding carboxylic acids is 2. The average Bonchev–Trinajstić information content (AvgIpc) is 2.77. The number of aromatic carboxylic acids is 1. The Kier molecular flexibility index (Phi) is 6.78. The van der Waals surface area contributed by atoms with Gasteiger partial charge < -0.3 is 20.5 Å². The fourth-order valence-corrected chi connectivity index (χ4v) is 2.74. The van der Waals surface area contributed by atoms with Crippen LogP contribution in [0.25, 0.3) is 10.9 Å². The van der Waals surface area contributed by atoms with Crippen LogP contribution >= 0.6 is 0 Å². The van der Waals surface area contributed by atoms with Crippen molar-refractivity contribution in [2.45, 2.75) is 19.6 Å². The molecule has 4 N–H and O–H groups in total. The number of rotatable bonds is 7. The van der Waals surface area contributed by atoms with E-state index in [1.807, 2.05) is 0 Å². The summed E-state index contributed by atoms with van der Waals surface area (Å²) in [5, 5.41) is 18.1. The van der Waals surface area contributed by atoms with Gasteiger partial charge in [0.1, 0.15) is 6.61 Å². The van der Waals surface area contributed by atoms with Gasteiger partial charge in [-0.3, -0.25) is 10.1 Å². The molecule has 3 aromatic rings. The Morgan fingerprint density at radius 2 is 1.77 bits per heavy atom. The molecule has 2 aromatic carbocycles. The van der Waals surface area contributed by atoms with Gasteiger partial charge in [0.15, 0.2) is 5.69 Å². The van der Waals surface area contributed by atoms with Crippen LogP contribution in [0.1, 0.15) is 23.0 Å². The number of hydrogen-bond donors (Lipinski definition) is 4. The summed E-state index contributed by atoms with van der Waals surface area (Å²) in [5.41, 5.74) is 1.60. The number of fused-ring (bicyclic) bond motifs is 1. The van der Waals surface area contributed by atoms with Crippen molar-refractivity contribution in [2.75, 3.05) is 17.7 Å². The van der Waals surface area contributed by atoms with E-state index in [9.17, 15) is 19.5 Å². The van der Waals surface area contributed by atoms with E-state index in [1.54, 1.807) is 62.5 Å². The lowest BCUT2D eigenvalue weighted by Gasteiger charge is -2.12. The molecule has 0 aliphatic heterocycles. The molecule has 31 heavy (non-hydrogen) atoms. The van der Waals surface area contributed by atoms with Gasteiger partial charge in [0, 0.05) is 11.1 Å². The van der Waals surface area contributed by atoms with Gasteiger partial charge in [0.05, 0.1) is 17.2 Å². The molecule has 0 aliphatic rings. The van der Waals surface area contributed by atoms with Crippen LogP contribution in [-0.4, -0.2) is 41.1 Å². The third kappa shape index (κ3) is 5.55. The van der Waals surface area contributed by atoms with Gasteiger partial charge in [0.25, 0.3) is 0 Å². The first kappa shape index (κ1) is 21.7. The predicted octanol–water partition coefficient (Wildman–Crippen LogP) is 3.23. The lowest BCUT2D eigenvalue weighted by molar-refractivity contribution is -0.117. The Bertz CT molecular complexity index is 1110. The number of benzene rings is 2. The summed E-state index contributed by atoms with van der Waals surface area (Å²) in [5.74, 6) is -1.42. The topological polar surface area (TPSA) is 130 Å². The van der Waals surface area contributed by atoms with Crippen molar-refractivity contribution in [3.63, 3.8) is 0 Å². The molecule has 0 saturated carbocycles. The summed E-state index contributed by atoms with van der Waals surface area (Å²) in [4.78, 5) is 39.7. The van der Waals surface area contributed by atoms with Crippen LogP contribution < -0.4 is 16.0 Å². The highest BCUT2D eigenvalue weighted by molar-refractivity contribution is 6.00. The zero-order valence-corrected chi connectivity index (χ0v) is 17.0. The number of pyridine rings is 1. The Morgan fingerprint density at radius 3 is 2.45 bits per heavy atom. The van der Waals surface area contributed by atoms with Gasteiger partial charge in [-0.15, -0.1) is 0 Å². The number of para-hydroxylation sites is 1. The number of amides is 2. The number of carboxylic acids is 1. The summed E-state index contributed by atoms with van der Waals surface area (Å²) < 4.78 is 5.19. The molecule has 0 spiro atoms. The number of nitrogens with zero attached hydrogens (tertiary/aromatic N) is 1. The highest BCUT2D eigenvalue weighted by Crippen LogP contribution is 2.21. The third-order valence-electron chi connectivity index (χ3n) is 4.58. The van der Waals surface area contributed by atoms with E-state index in [-0.39, 0.29) is 29.9 Å². The van der Waals surface area contributed by atoms with Gasteiger partial charge >= 0.3 is 12.1 Å². The van der Waals surface area contributed by atoms with E-state index in [2.05, 4.69) is 20.9 Å². The molecule has 160 valence electrons. The minimum atomic E-state index is -1.26. The number of hydrogen-bond acceptors (Lipinski definition) is 6. The predicted molar refractivity (Wildman–Crippen MR) is 116 cm³/mol. The van der Waals surface area contributed by atoms with E-state index in [0.717, 1.165) is 0 Å². The molecule has 1 heterocycles. The van der Waals surface area contributed by atoms with Crippen molar-refractivity contribution in [1.82, 2.24) is 10.3 Å². The second-order valence-corrected chi connectivity index (χ2v) is 6.78. The minimum Gasteiger partial charge on any atom is -0.476 e. The van der Waals surface area contributed by atoms with E-state index in [4.69, 9.17) is 4.74 Å². The van der Waals surface area contributed by atoms with Crippen molar-refractivity contribution >= 4 is 40.2 Å². The SMILES string of the molecule is CNC(C)C(=O)Nc1ccc(COC(=O)Nc2cc3ccccc3nc2C(=O)O)cc1. The first-order valence-electron chi connectivity index (χ1n) is 9.51. The van der Waals surface area contributed by atoms with Gasteiger partial charge in [-0.25, -0.2) is 14.6 Å². The summed E-state index contributed by atoms with van der Waals surface area (Å²) in [6.07, 6.45) is -0.806. The molecule has 0 radical (unpaired) electrons. The Morgan fingerprint density at radius 1 is 1.06 bits per heavy atom. The molecule has 0 aliphatic carbocycles. The van der Waals surface area contributed by atoms with Crippen molar-refractivity contribution in [3.05, 3.63) is 65.9 Å². The van der Waals surface area contributed by atoms with Gasteiger partial charge in [0.2, 0.25) is 5.91 Å². The molecule has 9 heteroatoms. The third-order valence-corrected chi connectivity index (χ3v) is 4.58. The first-order chi connectivity index (χ1) is 14.9. The van der Waals surface area contributed by atoms with Crippen molar-refractivity contribution < 1.29 is 24.2 Å². The number of nitrogens with one attached hydrogen (secondary N) is 3. The maximum atomic E-state index is 12.2. The summed E-state index contributed by atoms with van der Waals surface area (Å²) >= 11 is 0. The van der Waals surface area contributed by atoms with Crippen LogP contribution in [0.3, 0.4) is 0 Å². The lowest BCUT2D eigenvalue weighted by Crippen LogP contribution is -2.35. The quantitative estimate of drug-likeness (QED) is 0.460. The van der Waals surface area contributed by atoms with Gasteiger partial charge in [-0.1, -0.05) is 30.3 Å². The van der Waals surface area contributed by atoms with Crippen LogP contribution in [0.4, 0.5) is 16.2 Å². The normalized spacial score (nSPS) is 11.5. The number of likely N-dealkylation sites (N-methyl/N-ethyl adjacent to an activating group) is 1.